The van der Waals surface area contributed by atoms with Gasteiger partial charge in [-0.3, -0.25) is 4.79 Å². The van der Waals surface area contributed by atoms with Crippen LogP contribution >= 0.6 is 0 Å². The summed E-state index contributed by atoms with van der Waals surface area (Å²) < 4.78 is 28.4. The molecule has 0 spiro atoms. The second-order valence-electron chi connectivity index (χ2n) is 9.72. The number of benzene rings is 3. The minimum absolute atomic E-state index is 0.0771. The lowest BCUT2D eigenvalue weighted by Gasteiger charge is -2.17. The van der Waals surface area contributed by atoms with Crippen LogP contribution in [0.1, 0.15) is 16.8 Å². The van der Waals surface area contributed by atoms with Crippen molar-refractivity contribution in [1.29, 1.82) is 0 Å². The van der Waals surface area contributed by atoms with Crippen LogP contribution in [0.15, 0.2) is 96.2 Å². The van der Waals surface area contributed by atoms with Gasteiger partial charge in [0.25, 0.3) is 15.9 Å². The highest BCUT2D eigenvalue weighted by molar-refractivity contribution is 7.90. The number of nitrogens with zero attached hydrogens (tertiary/aromatic N) is 5. The van der Waals surface area contributed by atoms with Gasteiger partial charge in [-0.1, -0.05) is 36.4 Å². The van der Waals surface area contributed by atoms with Crippen LogP contribution in [-0.2, 0) is 10.0 Å². The van der Waals surface area contributed by atoms with Crippen LogP contribution in [0.4, 0.5) is 17.3 Å². The van der Waals surface area contributed by atoms with Crippen molar-refractivity contribution in [2.24, 2.45) is 0 Å². The number of rotatable bonds is 6. The smallest absolute Gasteiger partial charge is 0.268 e. The van der Waals surface area contributed by atoms with E-state index in [-0.39, 0.29) is 22.5 Å². The quantitative estimate of drug-likeness (QED) is 0.224. The average Bonchev–Trinajstić information content (AvgIpc) is 3.63. The number of amides is 1. The van der Waals surface area contributed by atoms with E-state index in [0.29, 0.717) is 58.9 Å². The van der Waals surface area contributed by atoms with Crippen LogP contribution in [0.5, 0.6) is 0 Å². The van der Waals surface area contributed by atoms with Gasteiger partial charge in [-0.05, 0) is 48.9 Å². The van der Waals surface area contributed by atoms with Crippen LogP contribution in [0.25, 0.3) is 27.0 Å². The molecule has 204 valence electrons. The first-order chi connectivity index (χ1) is 19.8. The van der Waals surface area contributed by atoms with Crippen LogP contribution in [0.3, 0.4) is 0 Å². The standard InChI is InChI=1S/C30H25N7O3S/c1-32-26-17-33-30(34-22-15-16-36(18-22)29(38)20-11-13-21(31)14-12-20)35-28(26)25-19-37(27-10-6-5-9-24(25)27)41(39,40)23-7-3-2-4-8-23/h2-14,17,19,22H,15-16,18,31H2,(H,33,34,35)/t22-/m1/s1. The Morgan fingerprint density at radius 1 is 1.02 bits per heavy atom. The molecule has 10 nitrogen and oxygen atoms in total. The average molecular weight is 564 g/mol. The monoisotopic (exact) mass is 563 g/mol. The van der Waals surface area contributed by atoms with Crippen LogP contribution in [-0.4, -0.2) is 52.3 Å². The molecule has 5 aromatic rings. The number of carbonyl (C=O) groups excluding carboxylic acids is 1. The Hall–Kier alpha value is -5.21. The van der Waals surface area contributed by atoms with Crippen molar-refractivity contribution >= 4 is 44.2 Å². The van der Waals surface area contributed by atoms with Crippen molar-refractivity contribution in [3.05, 3.63) is 108 Å². The van der Waals surface area contributed by atoms with E-state index >= 15 is 0 Å². The number of likely N-dealkylation sites (tertiary alicyclic amines) is 1. The first-order valence-electron chi connectivity index (χ1n) is 12.9. The third-order valence-electron chi connectivity index (χ3n) is 7.09. The lowest BCUT2D eigenvalue weighted by Crippen LogP contribution is -2.31. The molecule has 0 bridgehead atoms. The summed E-state index contributed by atoms with van der Waals surface area (Å²) in [5, 5.41) is 3.94. The van der Waals surface area contributed by atoms with E-state index < -0.39 is 10.0 Å². The fourth-order valence-electron chi connectivity index (χ4n) is 5.02. The predicted molar refractivity (Wildman–Crippen MR) is 157 cm³/mol. The molecule has 0 aliphatic carbocycles. The van der Waals surface area contributed by atoms with Gasteiger partial charge < -0.3 is 16.0 Å². The summed E-state index contributed by atoms with van der Waals surface area (Å²) in [6, 6.07) is 22.0. The Morgan fingerprint density at radius 3 is 2.51 bits per heavy atom. The molecular weight excluding hydrogens is 538 g/mol. The zero-order valence-electron chi connectivity index (χ0n) is 21.8. The fourth-order valence-corrected chi connectivity index (χ4v) is 6.41. The van der Waals surface area contributed by atoms with Gasteiger partial charge in [0, 0.05) is 53.7 Å². The molecule has 3 heterocycles. The number of hydrogen-bond donors (Lipinski definition) is 2. The molecule has 1 amide bonds. The summed E-state index contributed by atoms with van der Waals surface area (Å²) in [5.74, 6) is 0.216. The highest BCUT2D eigenvalue weighted by atomic mass is 32.2. The molecule has 3 aromatic carbocycles. The molecule has 41 heavy (non-hydrogen) atoms. The maximum atomic E-state index is 13.6. The van der Waals surface area contributed by atoms with Gasteiger partial charge in [-0.15, -0.1) is 0 Å². The third kappa shape index (κ3) is 4.85. The Labute approximate surface area is 237 Å². The summed E-state index contributed by atoms with van der Waals surface area (Å²) >= 11 is 0. The Kier molecular flexibility index (Phi) is 6.61. The zero-order valence-corrected chi connectivity index (χ0v) is 22.6. The van der Waals surface area contributed by atoms with Crippen LogP contribution < -0.4 is 11.1 Å². The molecule has 6 rings (SSSR count). The molecule has 1 aliphatic rings. The minimum atomic E-state index is -3.90. The highest BCUT2D eigenvalue weighted by Gasteiger charge is 2.28. The Bertz CT molecular complexity index is 1910. The zero-order chi connectivity index (χ0) is 28.6. The second-order valence-corrected chi connectivity index (χ2v) is 11.5. The lowest BCUT2D eigenvalue weighted by molar-refractivity contribution is 0.0791. The van der Waals surface area contributed by atoms with Gasteiger partial charge in [0.2, 0.25) is 11.6 Å². The van der Waals surface area contributed by atoms with Gasteiger partial charge in [0.1, 0.15) is 0 Å². The normalized spacial score (nSPS) is 15.1. The number of nitrogens with two attached hydrogens (primary N) is 1. The first-order valence-corrected chi connectivity index (χ1v) is 14.4. The van der Waals surface area contributed by atoms with E-state index in [4.69, 9.17) is 12.3 Å². The summed E-state index contributed by atoms with van der Waals surface area (Å²) in [6.45, 7) is 8.74. The summed E-state index contributed by atoms with van der Waals surface area (Å²) in [7, 11) is -3.90. The fraction of sp³-hybridized carbons (Fsp3) is 0.133. The number of fused-ring (bicyclic) bond motifs is 1. The molecule has 1 fully saturated rings. The van der Waals surface area contributed by atoms with E-state index in [1.807, 2.05) is 12.1 Å². The molecule has 0 unspecified atom stereocenters. The summed E-state index contributed by atoms with van der Waals surface area (Å²) in [5.41, 5.74) is 8.41. The number of aromatic nitrogens is 3. The highest BCUT2D eigenvalue weighted by Crippen LogP contribution is 2.37. The van der Waals surface area contributed by atoms with Gasteiger partial charge in [-0.2, -0.15) is 0 Å². The van der Waals surface area contributed by atoms with E-state index in [9.17, 15) is 13.2 Å². The molecule has 1 saturated heterocycles. The second kappa shape index (κ2) is 10.4. The maximum Gasteiger partial charge on any atom is 0.268 e. The summed E-state index contributed by atoms with van der Waals surface area (Å²) in [6.07, 6.45) is 3.64. The number of carbonyl (C=O) groups is 1. The van der Waals surface area contributed by atoms with Gasteiger partial charge >= 0.3 is 0 Å². The molecule has 11 heteroatoms. The van der Waals surface area contributed by atoms with Crippen molar-refractivity contribution in [3.63, 3.8) is 0 Å². The Morgan fingerprint density at radius 2 is 1.76 bits per heavy atom. The Balaban J connectivity index is 1.32. The van der Waals surface area contributed by atoms with Crippen molar-refractivity contribution < 1.29 is 13.2 Å². The predicted octanol–water partition coefficient (Wildman–Crippen LogP) is 4.79. The van der Waals surface area contributed by atoms with Crippen LogP contribution in [0.2, 0.25) is 0 Å². The van der Waals surface area contributed by atoms with Crippen molar-refractivity contribution in [1.82, 2.24) is 18.8 Å². The SMILES string of the molecule is [C-]#[N+]c1cnc(N[C@@H]2CCN(C(=O)c3ccc(N)cc3)C2)nc1-c1cn(S(=O)(=O)c2ccccc2)c2ccccc12. The third-order valence-corrected chi connectivity index (χ3v) is 8.78. The maximum absolute atomic E-state index is 13.6. The molecule has 1 atom stereocenters. The van der Waals surface area contributed by atoms with E-state index in [1.54, 1.807) is 71.6 Å². The summed E-state index contributed by atoms with van der Waals surface area (Å²) in [4.78, 5) is 27.5. The van der Waals surface area contributed by atoms with Crippen molar-refractivity contribution in [2.75, 3.05) is 24.1 Å². The topological polar surface area (TPSA) is 128 Å². The van der Waals surface area contributed by atoms with E-state index in [0.717, 1.165) is 0 Å². The minimum Gasteiger partial charge on any atom is -0.399 e. The number of hydrogen-bond acceptors (Lipinski definition) is 7. The van der Waals surface area contributed by atoms with E-state index in [1.165, 1.54) is 16.4 Å². The molecule has 3 N–H and O–H groups in total. The number of anilines is 2. The lowest BCUT2D eigenvalue weighted by atomic mass is 10.1. The molecule has 0 saturated carbocycles. The van der Waals surface area contributed by atoms with Crippen LogP contribution in [0, 0.1) is 6.57 Å². The van der Waals surface area contributed by atoms with Crippen molar-refractivity contribution in [3.8, 4) is 11.3 Å². The molecule has 2 aromatic heterocycles. The van der Waals surface area contributed by atoms with Gasteiger partial charge in [0.15, 0.2) is 0 Å². The first kappa shape index (κ1) is 26.0. The van der Waals surface area contributed by atoms with Crippen molar-refractivity contribution in [2.45, 2.75) is 17.4 Å². The largest absolute Gasteiger partial charge is 0.399 e. The van der Waals surface area contributed by atoms with Gasteiger partial charge in [0.05, 0.1) is 22.7 Å². The van der Waals surface area contributed by atoms with Gasteiger partial charge in [-0.25, -0.2) is 27.2 Å². The molecule has 0 radical (unpaired) electrons. The molecular formula is C30H25N7O3S. The number of para-hydroxylation sites is 1. The molecule has 1 aliphatic heterocycles. The van der Waals surface area contributed by atoms with E-state index in [2.05, 4.69) is 20.1 Å². The number of nitrogen functional groups attached to an aromatic ring is 1. The number of nitrogens with one attached hydrogen (secondary N) is 1.